The minimum atomic E-state index is -0.831. The minimum absolute atomic E-state index is 0.0879. The van der Waals surface area contributed by atoms with Crippen molar-refractivity contribution in [1.82, 2.24) is 15.6 Å². The zero-order valence-electron chi connectivity index (χ0n) is 15.7. The Morgan fingerprint density at radius 1 is 0.862 bits per heavy atom. The van der Waals surface area contributed by atoms with E-state index in [1.807, 2.05) is 24.3 Å². The maximum absolute atomic E-state index is 12.2. The highest BCUT2D eigenvalue weighted by Crippen LogP contribution is 2.14. The van der Waals surface area contributed by atoms with Gasteiger partial charge in [-0.1, -0.05) is 18.2 Å². The van der Waals surface area contributed by atoms with E-state index in [0.29, 0.717) is 16.9 Å². The molecule has 0 unspecified atom stereocenters. The fourth-order valence-corrected chi connectivity index (χ4v) is 2.70. The first-order valence-electron chi connectivity index (χ1n) is 9.00. The van der Waals surface area contributed by atoms with E-state index in [1.165, 1.54) is 6.92 Å². The average molecular weight is 392 g/mol. The molecule has 0 aliphatic heterocycles. The Hall–Kier alpha value is -3.94. The highest BCUT2D eigenvalue weighted by atomic mass is 16.2. The van der Waals surface area contributed by atoms with E-state index < -0.39 is 11.8 Å². The number of fused-ring (bicyclic) bond motifs is 1. The number of Topliss-reactive ketones (excluding diaryl/α,β-unsaturated/α-hetero) is 1. The molecule has 0 atom stereocenters. The van der Waals surface area contributed by atoms with E-state index in [4.69, 9.17) is 0 Å². The number of hydrogen-bond acceptors (Lipinski definition) is 4. The summed E-state index contributed by atoms with van der Waals surface area (Å²) in [4.78, 5) is 50.2. The van der Waals surface area contributed by atoms with Gasteiger partial charge in [0.05, 0.1) is 0 Å². The van der Waals surface area contributed by atoms with Gasteiger partial charge >= 0.3 is 11.8 Å². The summed E-state index contributed by atoms with van der Waals surface area (Å²) in [5.74, 6) is -2.04. The number of aromatic amines is 1. The number of para-hydroxylation sites is 1. The van der Waals surface area contributed by atoms with E-state index in [0.717, 1.165) is 10.9 Å². The molecule has 0 aliphatic rings. The van der Waals surface area contributed by atoms with Gasteiger partial charge in [-0.3, -0.25) is 19.2 Å². The normalized spacial score (nSPS) is 10.4. The standard InChI is InChI=1S/C21H20N4O4/c1-13(26)14-6-8-16(9-7-14)24-21(29)20(28)23-11-10-22-19(27)18-12-15-4-2-3-5-17(15)25-18/h2-9,12,25H,10-11H2,1H3,(H,22,27)(H,23,28)(H,24,29). The summed E-state index contributed by atoms with van der Waals surface area (Å²) >= 11 is 0. The number of benzene rings is 2. The summed E-state index contributed by atoms with van der Waals surface area (Å²) in [6.07, 6.45) is 0. The van der Waals surface area contributed by atoms with Crippen LogP contribution in [0.4, 0.5) is 5.69 Å². The van der Waals surface area contributed by atoms with Crippen molar-refractivity contribution in [2.75, 3.05) is 18.4 Å². The van der Waals surface area contributed by atoms with E-state index >= 15 is 0 Å². The quantitative estimate of drug-likeness (QED) is 0.291. The van der Waals surface area contributed by atoms with Crippen LogP contribution in [0, 0.1) is 0 Å². The predicted octanol–water partition coefficient (Wildman–Crippen LogP) is 1.86. The van der Waals surface area contributed by atoms with E-state index in [9.17, 15) is 19.2 Å². The zero-order chi connectivity index (χ0) is 20.8. The van der Waals surface area contributed by atoms with Crippen molar-refractivity contribution in [3.8, 4) is 0 Å². The number of hydrogen-bond donors (Lipinski definition) is 4. The van der Waals surface area contributed by atoms with E-state index in [2.05, 4.69) is 20.9 Å². The molecule has 3 aromatic rings. The third-order valence-electron chi connectivity index (χ3n) is 4.23. The Labute approximate surface area is 166 Å². The number of rotatable bonds is 6. The minimum Gasteiger partial charge on any atom is -0.351 e. The second-order valence-corrected chi connectivity index (χ2v) is 6.37. The smallest absolute Gasteiger partial charge is 0.313 e. The van der Waals surface area contributed by atoms with Crippen LogP contribution in [-0.2, 0) is 9.59 Å². The molecule has 8 nitrogen and oxygen atoms in total. The van der Waals surface area contributed by atoms with Gasteiger partial charge in [-0.15, -0.1) is 0 Å². The lowest BCUT2D eigenvalue weighted by atomic mass is 10.1. The lowest BCUT2D eigenvalue weighted by Crippen LogP contribution is -2.40. The average Bonchev–Trinajstić information content (AvgIpc) is 3.15. The second kappa shape index (κ2) is 8.83. The first-order chi connectivity index (χ1) is 13.9. The third-order valence-corrected chi connectivity index (χ3v) is 4.23. The zero-order valence-corrected chi connectivity index (χ0v) is 15.7. The van der Waals surface area contributed by atoms with Crippen LogP contribution in [0.15, 0.2) is 54.6 Å². The molecule has 0 aliphatic carbocycles. The molecule has 1 heterocycles. The lowest BCUT2D eigenvalue weighted by molar-refractivity contribution is -0.136. The molecule has 8 heteroatoms. The highest BCUT2D eigenvalue weighted by molar-refractivity contribution is 6.39. The number of anilines is 1. The largest absolute Gasteiger partial charge is 0.351 e. The number of aromatic nitrogens is 1. The molecular formula is C21H20N4O4. The van der Waals surface area contributed by atoms with Gasteiger partial charge in [0.15, 0.2) is 5.78 Å². The van der Waals surface area contributed by atoms with Crippen molar-refractivity contribution in [1.29, 1.82) is 0 Å². The summed E-state index contributed by atoms with van der Waals surface area (Å²) in [6.45, 7) is 1.71. The highest BCUT2D eigenvalue weighted by Gasteiger charge is 2.14. The van der Waals surface area contributed by atoms with Crippen molar-refractivity contribution in [2.45, 2.75) is 6.92 Å². The Bertz CT molecular complexity index is 1040. The summed E-state index contributed by atoms with van der Waals surface area (Å²) in [6, 6.07) is 15.5. The van der Waals surface area contributed by atoms with Crippen LogP contribution in [0.25, 0.3) is 10.9 Å². The van der Waals surface area contributed by atoms with E-state index in [1.54, 1.807) is 30.3 Å². The molecule has 0 fully saturated rings. The van der Waals surface area contributed by atoms with Gasteiger partial charge in [-0.2, -0.15) is 0 Å². The number of H-pyrrole nitrogens is 1. The Morgan fingerprint density at radius 2 is 1.55 bits per heavy atom. The van der Waals surface area contributed by atoms with Gasteiger partial charge in [-0.25, -0.2) is 0 Å². The molecule has 1 aromatic heterocycles. The fraction of sp³-hybridized carbons (Fsp3) is 0.143. The molecule has 4 N–H and O–H groups in total. The van der Waals surface area contributed by atoms with Gasteiger partial charge in [0.25, 0.3) is 5.91 Å². The number of carbonyl (C=O) groups is 4. The van der Waals surface area contributed by atoms with Gasteiger partial charge < -0.3 is 20.9 Å². The fourth-order valence-electron chi connectivity index (χ4n) is 2.70. The number of carbonyl (C=O) groups excluding carboxylic acids is 4. The molecule has 3 rings (SSSR count). The van der Waals surface area contributed by atoms with Crippen LogP contribution in [0.3, 0.4) is 0 Å². The van der Waals surface area contributed by atoms with Gasteiger partial charge in [0.1, 0.15) is 5.69 Å². The summed E-state index contributed by atoms with van der Waals surface area (Å²) in [5, 5.41) is 8.48. The lowest BCUT2D eigenvalue weighted by Gasteiger charge is -2.07. The topological polar surface area (TPSA) is 120 Å². The number of nitrogens with one attached hydrogen (secondary N) is 4. The Balaban J connectivity index is 1.42. The third kappa shape index (κ3) is 5.07. The van der Waals surface area contributed by atoms with Crippen LogP contribution in [0.5, 0.6) is 0 Å². The Morgan fingerprint density at radius 3 is 2.24 bits per heavy atom. The molecule has 0 saturated carbocycles. The van der Waals surface area contributed by atoms with Gasteiger partial charge in [0.2, 0.25) is 0 Å². The van der Waals surface area contributed by atoms with E-state index in [-0.39, 0.29) is 24.8 Å². The monoisotopic (exact) mass is 392 g/mol. The maximum atomic E-state index is 12.2. The van der Waals surface area contributed by atoms with Crippen LogP contribution in [-0.4, -0.2) is 41.6 Å². The first kappa shape index (κ1) is 19.8. The molecule has 0 saturated heterocycles. The molecular weight excluding hydrogens is 372 g/mol. The van der Waals surface area contributed by atoms with Crippen molar-refractivity contribution in [3.05, 3.63) is 65.9 Å². The van der Waals surface area contributed by atoms with Crippen molar-refractivity contribution in [2.24, 2.45) is 0 Å². The van der Waals surface area contributed by atoms with Gasteiger partial charge in [-0.05, 0) is 43.3 Å². The van der Waals surface area contributed by atoms with Crippen molar-refractivity contribution >= 4 is 40.1 Å². The van der Waals surface area contributed by atoms with Crippen LogP contribution < -0.4 is 16.0 Å². The van der Waals surface area contributed by atoms with Crippen LogP contribution in [0.1, 0.15) is 27.8 Å². The number of amides is 3. The number of ketones is 1. The van der Waals surface area contributed by atoms with Crippen LogP contribution in [0.2, 0.25) is 0 Å². The molecule has 0 spiro atoms. The Kier molecular flexibility index (Phi) is 6.03. The molecule has 0 radical (unpaired) electrons. The van der Waals surface area contributed by atoms with Crippen molar-refractivity contribution in [3.63, 3.8) is 0 Å². The summed E-state index contributed by atoms with van der Waals surface area (Å²) in [5.41, 5.74) is 2.20. The molecule has 2 aromatic carbocycles. The first-order valence-corrected chi connectivity index (χ1v) is 9.00. The maximum Gasteiger partial charge on any atom is 0.313 e. The summed E-state index contributed by atoms with van der Waals surface area (Å²) in [7, 11) is 0. The SMILES string of the molecule is CC(=O)c1ccc(NC(=O)C(=O)NCCNC(=O)c2cc3ccccc3[nH]2)cc1. The predicted molar refractivity (Wildman–Crippen MR) is 109 cm³/mol. The molecule has 29 heavy (non-hydrogen) atoms. The van der Waals surface area contributed by atoms with Crippen molar-refractivity contribution < 1.29 is 19.2 Å². The second-order valence-electron chi connectivity index (χ2n) is 6.37. The van der Waals surface area contributed by atoms with Crippen LogP contribution >= 0.6 is 0 Å². The summed E-state index contributed by atoms with van der Waals surface area (Å²) < 4.78 is 0. The molecule has 3 amide bonds. The molecule has 0 bridgehead atoms. The van der Waals surface area contributed by atoms with Gasteiger partial charge in [0, 0.05) is 35.2 Å². The molecule has 148 valence electrons.